The van der Waals surface area contributed by atoms with Crippen molar-refractivity contribution in [2.24, 2.45) is 0 Å². The highest BCUT2D eigenvalue weighted by Crippen LogP contribution is 2.30. The van der Waals surface area contributed by atoms with Crippen LogP contribution in [0.15, 0.2) is 60.8 Å². The minimum absolute atomic E-state index is 0.297. The van der Waals surface area contributed by atoms with Crippen LogP contribution in [0, 0.1) is 11.3 Å². The van der Waals surface area contributed by atoms with Gasteiger partial charge in [0.2, 0.25) is 0 Å². The number of benzene rings is 2. The monoisotopic (exact) mass is 366 g/mol. The molecule has 0 saturated heterocycles. The topological polar surface area (TPSA) is 36.7 Å². The van der Waals surface area contributed by atoms with Crippen LogP contribution in [0.1, 0.15) is 29.5 Å². The number of halogens is 2. The molecular formula is C21H16Cl2N2. The van der Waals surface area contributed by atoms with Crippen LogP contribution in [-0.4, -0.2) is 4.98 Å². The normalized spacial score (nSPS) is 11.8. The third kappa shape index (κ3) is 4.20. The van der Waals surface area contributed by atoms with E-state index in [1.807, 2.05) is 42.5 Å². The van der Waals surface area contributed by atoms with E-state index in [1.165, 1.54) is 5.56 Å². The molecule has 2 aromatic carbocycles. The first-order chi connectivity index (χ1) is 12.1. The molecule has 0 bridgehead atoms. The number of rotatable bonds is 4. The average Bonchev–Trinajstić information content (AvgIpc) is 2.61. The van der Waals surface area contributed by atoms with Crippen molar-refractivity contribution in [3.05, 3.63) is 87.5 Å². The van der Waals surface area contributed by atoms with E-state index >= 15 is 0 Å². The molecule has 1 atom stereocenters. The first kappa shape index (κ1) is 17.5. The molecule has 0 amide bonds. The Bertz CT molecular complexity index is 907. The zero-order chi connectivity index (χ0) is 17.8. The number of hydrogen-bond acceptors (Lipinski definition) is 2. The van der Waals surface area contributed by atoms with Crippen molar-refractivity contribution in [1.82, 2.24) is 4.98 Å². The molecule has 25 heavy (non-hydrogen) atoms. The van der Waals surface area contributed by atoms with E-state index in [0.717, 1.165) is 23.2 Å². The van der Waals surface area contributed by atoms with E-state index < -0.39 is 0 Å². The lowest BCUT2D eigenvalue weighted by molar-refractivity contribution is 0.758. The molecule has 4 heteroatoms. The summed E-state index contributed by atoms with van der Waals surface area (Å²) in [7, 11) is 0. The van der Waals surface area contributed by atoms with E-state index in [0.29, 0.717) is 21.5 Å². The molecule has 0 spiro atoms. The Kier molecular flexibility index (Phi) is 5.38. The fourth-order valence-electron chi connectivity index (χ4n) is 2.89. The quantitative estimate of drug-likeness (QED) is 0.545. The molecular weight excluding hydrogens is 351 g/mol. The lowest BCUT2D eigenvalue weighted by atomic mass is 9.91. The van der Waals surface area contributed by atoms with Gasteiger partial charge >= 0.3 is 0 Å². The summed E-state index contributed by atoms with van der Waals surface area (Å²) in [6.07, 6.45) is 2.61. The predicted molar refractivity (Wildman–Crippen MR) is 103 cm³/mol. The Balaban J connectivity index is 1.91. The van der Waals surface area contributed by atoms with Crippen LogP contribution in [-0.2, 0) is 6.42 Å². The second-order valence-electron chi connectivity index (χ2n) is 6.01. The molecule has 3 rings (SSSR count). The first-order valence-corrected chi connectivity index (χ1v) is 8.73. The fraction of sp³-hybridized carbons (Fsp3) is 0.143. The number of nitrogens with zero attached hydrogens (tertiary/aromatic N) is 2. The van der Waals surface area contributed by atoms with Gasteiger partial charge in [-0.3, -0.25) is 4.98 Å². The summed E-state index contributed by atoms with van der Waals surface area (Å²) in [4.78, 5) is 4.54. The minimum atomic E-state index is 0.297. The van der Waals surface area contributed by atoms with Gasteiger partial charge in [0.15, 0.2) is 0 Å². The third-order valence-electron chi connectivity index (χ3n) is 4.16. The molecule has 1 heterocycles. The second kappa shape index (κ2) is 7.70. The molecule has 3 aromatic rings. The lowest BCUT2D eigenvalue weighted by Gasteiger charge is -2.15. The summed E-state index contributed by atoms with van der Waals surface area (Å²) in [6, 6.07) is 19.4. The Labute approximate surface area is 157 Å². The van der Waals surface area contributed by atoms with Gasteiger partial charge in [-0.25, -0.2) is 0 Å². The van der Waals surface area contributed by atoms with Gasteiger partial charge in [0, 0.05) is 21.8 Å². The zero-order valence-corrected chi connectivity index (χ0v) is 15.2. The van der Waals surface area contributed by atoms with Crippen molar-refractivity contribution >= 4 is 23.2 Å². The lowest BCUT2D eigenvalue weighted by Crippen LogP contribution is -2.01. The summed E-state index contributed by atoms with van der Waals surface area (Å²) in [5, 5.41) is 10.1. The molecule has 1 unspecified atom stereocenters. The van der Waals surface area contributed by atoms with Crippen LogP contribution in [0.25, 0.3) is 11.3 Å². The van der Waals surface area contributed by atoms with Crippen LogP contribution in [0.2, 0.25) is 10.0 Å². The molecule has 2 nitrogen and oxygen atoms in total. The minimum Gasteiger partial charge on any atom is -0.256 e. The van der Waals surface area contributed by atoms with E-state index in [1.54, 1.807) is 12.3 Å². The molecule has 1 aromatic heterocycles. The molecule has 124 valence electrons. The molecule has 0 aliphatic rings. The van der Waals surface area contributed by atoms with Crippen molar-refractivity contribution in [3.8, 4) is 17.3 Å². The summed E-state index contributed by atoms with van der Waals surface area (Å²) < 4.78 is 0. The zero-order valence-electron chi connectivity index (χ0n) is 13.7. The molecule has 0 aliphatic carbocycles. The van der Waals surface area contributed by atoms with E-state index in [4.69, 9.17) is 28.5 Å². The van der Waals surface area contributed by atoms with Crippen molar-refractivity contribution < 1.29 is 0 Å². The van der Waals surface area contributed by atoms with Gasteiger partial charge in [0.05, 0.1) is 17.3 Å². The van der Waals surface area contributed by atoms with Gasteiger partial charge in [-0.15, -0.1) is 0 Å². The number of hydrogen-bond donors (Lipinski definition) is 0. The fourth-order valence-corrected chi connectivity index (χ4v) is 3.41. The Hall–Kier alpha value is -2.34. The maximum absolute atomic E-state index is 8.93. The van der Waals surface area contributed by atoms with Crippen molar-refractivity contribution in [2.75, 3.05) is 0 Å². The summed E-state index contributed by atoms with van der Waals surface area (Å²) >= 11 is 12.3. The molecule has 0 radical (unpaired) electrons. The predicted octanol–water partition coefficient (Wildman–Crippen LogP) is 6.27. The van der Waals surface area contributed by atoms with Gasteiger partial charge in [0.1, 0.15) is 0 Å². The Morgan fingerprint density at radius 3 is 2.36 bits per heavy atom. The van der Waals surface area contributed by atoms with Crippen molar-refractivity contribution in [1.29, 1.82) is 5.26 Å². The third-order valence-corrected chi connectivity index (χ3v) is 4.60. The van der Waals surface area contributed by atoms with Crippen LogP contribution < -0.4 is 0 Å². The molecule has 0 aliphatic heterocycles. The van der Waals surface area contributed by atoms with Gasteiger partial charge in [0.25, 0.3) is 0 Å². The van der Waals surface area contributed by atoms with Gasteiger partial charge < -0.3 is 0 Å². The number of nitriles is 1. The standard InChI is InChI=1S/C21H16Cl2N2/c1-14(16-6-4-15(13-24)5-7-16)9-17-3-2-8-25-21(17)18-10-19(22)12-20(23)11-18/h2-8,10-12,14H,9H2,1H3. The number of pyridine rings is 1. The van der Waals surface area contributed by atoms with E-state index in [2.05, 4.69) is 24.0 Å². The highest BCUT2D eigenvalue weighted by molar-refractivity contribution is 6.35. The molecule has 0 fully saturated rings. The molecule has 0 N–H and O–H groups in total. The van der Waals surface area contributed by atoms with Crippen molar-refractivity contribution in [2.45, 2.75) is 19.3 Å². The first-order valence-electron chi connectivity index (χ1n) is 7.97. The summed E-state index contributed by atoms with van der Waals surface area (Å²) in [5.74, 6) is 0.297. The maximum Gasteiger partial charge on any atom is 0.0991 e. The maximum atomic E-state index is 8.93. The van der Waals surface area contributed by atoms with E-state index in [9.17, 15) is 0 Å². The van der Waals surface area contributed by atoms with Gasteiger partial charge in [-0.1, -0.05) is 48.3 Å². The van der Waals surface area contributed by atoms with E-state index in [-0.39, 0.29) is 0 Å². The largest absolute Gasteiger partial charge is 0.256 e. The van der Waals surface area contributed by atoms with Crippen LogP contribution >= 0.6 is 23.2 Å². The highest BCUT2D eigenvalue weighted by atomic mass is 35.5. The average molecular weight is 367 g/mol. The smallest absolute Gasteiger partial charge is 0.0991 e. The number of aromatic nitrogens is 1. The summed E-state index contributed by atoms with van der Waals surface area (Å²) in [6.45, 7) is 2.17. The Morgan fingerprint density at radius 1 is 1.04 bits per heavy atom. The Morgan fingerprint density at radius 2 is 1.72 bits per heavy atom. The van der Waals surface area contributed by atoms with Crippen LogP contribution in [0.5, 0.6) is 0 Å². The highest BCUT2D eigenvalue weighted by Gasteiger charge is 2.13. The van der Waals surface area contributed by atoms with Crippen LogP contribution in [0.4, 0.5) is 0 Å². The van der Waals surface area contributed by atoms with Crippen LogP contribution in [0.3, 0.4) is 0 Å². The van der Waals surface area contributed by atoms with Gasteiger partial charge in [-0.2, -0.15) is 5.26 Å². The molecule has 0 saturated carbocycles. The van der Waals surface area contributed by atoms with Gasteiger partial charge in [-0.05, 0) is 59.9 Å². The van der Waals surface area contributed by atoms with Crippen molar-refractivity contribution in [3.63, 3.8) is 0 Å². The second-order valence-corrected chi connectivity index (χ2v) is 6.88. The SMILES string of the molecule is CC(Cc1cccnc1-c1cc(Cl)cc(Cl)c1)c1ccc(C#N)cc1. The summed E-state index contributed by atoms with van der Waals surface area (Å²) in [5.41, 5.74) is 4.81.